The molecule has 0 unspecified atom stereocenters. The average molecular weight is 549 g/mol. The molecule has 4 N–H and O–H groups in total. The fourth-order valence-corrected chi connectivity index (χ4v) is 4.84. The van der Waals surface area contributed by atoms with E-state index < -0.39 is 0 Å². The molecule has 0 aliphatic carbocycles. The predicted molar refractivity (Wildman–Crippen MR) is 150 cm³/mol. The van der Waals surface area contributed by atoms with Crippen LogP contribution in [0.5, 0.6) is 0 Å². The second-order valence-corrected chi connectivity index (χ2v) is 10.1. The van der Waals surface area contributed by atoms with Gasteiger partial charge in [0.2, 0.25) is 11.8 Å². The second kappa shape index (κ2) is 12.4. The molecular formula is C26H24N6O4S2. The lowest BCUT2D eigenvalue weighted by molar-refractivity contribution is -0.114. The van der Waals surface area contributed by atoms with Gasteiger partial charge in [-0.25, -0.2) is 9.97 Å². The van der Waals surface area contributed by atoms with Crippen LogP contribution in [-0.4, -0.2) is 43.3 Å². The smallest absolute Gasteiger partial charge is 0.251 e. The van der Waals surface area contributed by atoms with Gasteiger partial charge in [0, 0.05) is 34.9 Å². The topological polar surface area (TPSA) is 150 Å². The van der Waals surface area contributed by atoms with Gasteiger partial charge in [-0.15, -0.1) is 0 Å². The summed E-state index contributed by atoms with van der Waals surface area (Å²) in [6.07, 6.45) is 0. The molecule has 0 saturated heterocycles. The van der Waals surface area contributed by atoms with Gasteiger partial charge < -0.3 is 20.6 Å². The zero-order valence-electron chi connectivity index (χ0n) is 20.5. The monoisotopic (exact) mass is 548 g/mol. The lowest BCUT2D eigenvalue weighted by atomic mass is 10.0. The molecule has 0 aliphatic rings. The van der Waals surface area contributed by atoms with E-state index in [4.69, 9.17) is 0 Å². The number of aromatic nitrogens is 4. The molecule has 0 saturated carbocycles. The summed E-state index contributed by atoms with van der Waals surface area (Å²) < 4.78 is 0. The Kier molecular flexibility index (Phi) is 8.77. The summed E-state index contributed by atoms with van der Waals surface area (Å²) in [6.45, 7) is 3.45. The van der Waals surface area contributed by atoms with E-state index in [0.717, 1.165) is 34.7 Å². The van der Waals surface area contributed by atoms with E-state index in [1.165, 1.54) is 12.1 Å². The Hall–Kier alpha value is -4.16. The Morgan fingerprint density at radius 2 is 1.05 bits per heavy atom. The number of carbonyl (C=O) groups excluding carboxylic acids is 2. The number of thioether (sulfide) groups is 2. The lowest BCUT2D eigenvalue weighted by Crippen LogP contribution is -2.15. The fourth-order valence-electron chi connectivity index (χ4n) is 3.39. The number of carbonyl (C=O) groups is 2. The standard InChI is InChI=1S/C26H24N6O4S2/c1-15-11-21(33)31-25(27-15)37-13-23(35)29-19-7-3-17(4-8-19)18-5-9-20(10-6-18)30-24(36)14-38-26-28-16(2)12-22(34)32-26/h3-12H,13-14H2,1-2H3,(H,29,35)(H,30,36)(H,27,31,33)(H,28,32,34). The molecule has 12 heteroatoms. The molecule has 0 radical (unpaired) electrons. The number of nitrogens with one attached hydrogen (secondary N) is 4. The highest BCUT2D eigenvalue weighted by atomic mass is 32.2. The number of aromatic amines is 2. The number of hydrogen-bond acceptors (Lipinski definition) is 8. The molecule has 2 amide bonds. The van der Waals surface area contributed by atoms with Crippen LogP contribution >= 0.6 is 23.5 Å². The number of hydrogen-bond donors (Lipinski definition) is 4. The van der Waals surface area contributed by atoms with E-state index in [1.54, 1.807) is 38.1 Å². The first-order valence-corrected chi connectivity index (χ1v) is 13.4. The first-order chi connectivity index (χ1) is 18.2. The fraction of sp³-hybridized carbons (Fsp3) is 0.154. The van der Waals surface area contributed by atoms with Crippen LogP contribution in [0.2, 0.25) is 0 Å². The van der Waals surface area contributed by atoms with Crippen molar-refractivity contribution in [3.05, 3.63) is 92.8 Å². The minimum Gasteiger partial charge on any atom is -0.325 e. The van der Waals surface area contributed by atoms with Crippen LogP contribution < -0.4 is 21.8 Å². The number of nitrogens with zero attached hydrogens (tertiary/aromatic N) is 2. The first kappa shape index (κ1) is 26.9. The summed E-state index contributed by atoms with van der Waals surface area (Å²) in [4.78, 5) is 61.2. The molecule has 0 fully saturated rings. The van der Waals surface area contributed by atoms with Gasteiger partial charge in [0.1, 0.15) is 0 Å². The van der Waals surface area contributed by atoms with Gasteiger partial charge in [0.25, 0.3) is 11.1 Å². The maximum Gasteiger partial charge on any atom is 0.251 e. The summed E-state index contributed by atoms with van der Waals surface area (Å²) >= 11 is 2.31. The molecule has 4 aromatic rings. The third kappa shape index (κ3) is 7.92. The Morgan fingerprint density at radius 3 is 1.39 bits per heavy atom. The van der Waals surface area contributed by atoms with Crippen molar-refractivity contribution < 1.29 is 9.59 Å². The van der Waals surface area contributed by atoms with E-state index in [9.17, 15) is 19.2 Å². The molecule has 2 aromatic carbocycles. The molecule has 0 aliphatic heterocycles. The van der Waals surface area contributed by atoms with Crippen molar-refractivity contribution in [2.75, 3.05) is 22.1 Å². The maximum absolute atomic E-state index is 12.3. The van der Waals surface area contributed by atoms with Crippen molar-refractivity contribution in [2.45, 2.75) is 24.2 Å². The predicted octanol–water partition coefficient (Wildman–Crippen LogP) is 3.60. The molecule has 4 rings (SSSR count). The third-order valence-electron chi connectivity index (χ3n) is 5.05. The highest BCUT2D eigenvalue weighted by Crippen LogP contribution is 2.24. The second-order valence-electron chi connectivity index (χ2n) is 8.21. The summed E-state index contributed by atoms with van der Waals surface area (Å²) in [5.41, 5.74) is 3.88. The summed E-state index contributed by atoms with van der Waals surface area (Å²) in [5.74, 6) is -0.206. The van der Waals surface area contributed by atoms with Crippen molar-refractivity contribution in [1.82, 2.24) is 19.9 Å². The molecular weight excluding hydrogens is 524 g/mol. The molecule has 0 atom stereocenters. The van der Waals surface area contributed by atoms with Crippen LogP contribution in [0.25, 0.3) is 11.1 Å². The zero-order valence-corrected chi connectivity index (χ0v) is 22.2. The highest BCUT2D eigenvalue weighted by Gasteiger charge is 2.08. The normalized spacial score (nSPS) is 10.7. The number of rotatable bonds is 9. The minimum absolute atomic E-state index is 0.110. The van der Waals surface area contributed by atoms with E-state index in [1.807, 2.05) is 24.3 Å². The number of anilines is 2. The van der Waals surface area contributed by atoms with Crippen molar-refractivity contribution in [2.24, 2.45) is 0 Å². The van der Waals surface area contributed by atoms with Gasteiger partial charge in [-0.2, -0.15) is 0 Å². The molecule has 2 aromatic heterocycles. The van der Waals surface area contributed by atoms with Gasteiger partial charge in [-0.3, -0.25) is 19.2 Å². The first-order valence-electron chi connectivity index (χ1n) is 11.5. The Bertz CT molecular complexity index is 1450. The number of H-pyrrole nitrogens is 2. The van der Waals surface area contributed by atoms with Crippen LogP contribution in [0.15, 0.2) is 80.6 Å². The van der Waals surface area contributed by atoms with Crippen LogP contribution in [0.1, 0.15) is 11.4 Å². The van der Waals surface area contributed by atoms with Crippen LogP contribution in [0.3, 0.4) is 0 Å². The number of aryl methyl sites for hydroxylation is 2. The highest BCUT2D eigenvalue weighted by molar-refractivity contribution is 8.00. The maximum atomic E-state index is 12.3. The van der Waals surface area contributed by atoms with E-state index in [-0.39, 0.29) is 34.4 Å². The molecule has 10 nitrogen and oxygen atoms in total. The van der Waals surface area contributed by atoms with Gasteiger partial charge in [-0.1, -0.05) is 47.8 Å². The molecule has 38 heavy (non-hydrogen) atoms. The molecule has 0 bridgehead atoms. The quantitative estimate of drug-likeness (QED) is 0.183. The lowest BCUT2D eigenvalue weighted by Gasteiger charge is -2.09. The van der Waals surface area contributed by atoms with Gasteiger partial charge in [0.15, 0.2) is 10.3 Å². The number of amides is 2. The van der Waals surface area contributed by atoms with Crippen molar-refractivity contribution in [1.29, 1.82) is 0 Å². The summed E-state index contributed by atoms with van der Waals surface area (Å²) in [5, 5.41) is 6.46. The largest absolute Gasteiger partial charge is 0.325 e. The summed E-state index contributed by atoms with van der Waals surface area (Å²) in [7, 11) is 0. The van der Waals surface area contributed by atoms with Crippen LogP contribution in [0.4, 0.5) is 11.4 Å². The van der Waals surface area contributed by atoms with Crippen molar-refractivity contribution in [3.63, 3.8) is 0 Å². The Balaban J connectivity index is 1.27. The van der Waals surface area contributed by atoms with E-state index in [0.29, 0.717) is 33.1 Å². The van der Waals surface area contributed by atoms with Gasteiger partial charge >= 0.3 is 0 Å². The Morgan fingerprint density at radius 1 is 0.684 bits per heavy atom. The SMILES string of the molecule is Cc1cc(=O)[nH]c(SCC(=O)Nc2ccc(-c3ccc(NC(=O)CSc4nc(C)cc(=O)[nH]4)cc3)cc2)n1. The zero-order chi connectivity index (χ0) is 27.1. The molecule has 194 valence electrons. The third-order valence-corrected chi connectivity index (χ3v) is 6.79. The van der Waals surface area contributed by atoms with Gasteiger partial charge in [0.05, 0.1) is 11.5 Å². The van der Waals surface area contributed by atoms with E-state index >= 15 is 0 Å². The van der Waals surface area contributed by atoms with Crippen molar-refractivity contribution >= 4 is 46.7 Å². The van der Waals surface area contributed by atoms with Crippen LogP contribution in [-0.2, 0) is 9.59 Å². The van der Waals surface area contributed by atoms with Crippen molar-refractivity contribution in [3.8, 4) is 11.1 Å². The molecule has 2 heterocycles. The summed E-state index contributed by atoms with van der Waals surface area (Å²) in [6, 6.07) is 17.6. The Labute approximate surface area is 226 Å². The minimum atomic E-state index is -0.250. The number of benzene rings is 2. The van der Waals surface area contributed by atoms with Gasteiger partial charge in [-0.05, 0) is 49.2 Å². The molecule has 0 spiro atoms. The van der Waals surface area contributed by atoms with E-state index in [2.05, 4.69) is 30.6 Å². The van der Waals surface area contributed by atoms with Crippen LogP contribution in [0, 0.1) is 13.8 Å². The average Bonchev–Trinajstić information content (AvgIpc) is 2.86.